The van der Waals surface area contributed by atoms with Crippen LogP contribution in [0.25, 0.3) is 0 Å². The Balaban J connectivity index is 2.03. The number of carboxylic acids is 1. The second kappa shape index (κ2) is 9.40. The van der Waals surface area contributed by atoms with Gasteiger partial charge in [-0.2, -0.15) is 8.42 Å². The van der Waals surface area contributed by atoms with Gasteiger partial charge in [0.2, 0.25) is 12.3 Å². The van der Waals surface area contributed by atoms with Crippen molar-refractivity contribution in [2.45, 2.75) is 43.5 Å². The number of alkyl halides is 2. The highest BCUT2D eigenvalue weighted by atomic mass is 32.2. The lowest BCUT2D eigenvalue weighted by molar-refractivity contribution is -0.149. The van der Waals surface area contributed by atoms with Crippen LogP contribution in [-0.4, -0.2) is 61.7 Å². The first kappa shape index (κ1) is 22.9. The molecule has 1 amide bonds. The predicted octanol–water partition coefficient (Wildman–Crippen LogP) is 1.62. The molecule has 1 heterocycles. The van der Waals surface area contributed by atoms with Gasteiger partial charge in [-0.1, -0.05) is 17.7 Å². The Kier molecular flexibility index (Phi) is 7.42. The smallest absolute Gasteiger partial charge is 0.326 e. The van der Waals surface area contributed by atoms with Gasteiger partial charge in [-0.25, -0.2) is 13.6 Å². The van der Waals surface area contributed by atoms with Crippen LogP contribution < -0.4 is 0 Å². The Hall–Kier alpha value is -2.40. The van der Waals surface area contributed by atoms with Crippen LogP contribution in [0.5, 0.6) is 0 Å². The average Bonchev–Trinajstić information content (AvgIpc) is 3.14. The van der Waals surface area contributed by atoms with E-state index < -0.39 is 59.2 Å². The summed E-state index contributed by atoms with van der Waals surface area (Å²) < 4.78 is 55.4. The van der Waals surface area contributed by atoms with Crippen molar-refractivity contribution in [1.82, 2.24) is 4.90 Å². The number of carbonyl (C=O) groups is 3. The first-order valence-electron chi connectivity index (χ1n) is 8.82. The van der Waals surface area contributed by atoms with Crippen molar-refractivity contribution < 1.29 is 40.9 Å². The molecule has 1 saturated heterocycles. The number of ketones is 1. The number of rotatable bonds is 9. The number of likely N-dealkylation sites (tertiary alicyclic amines) is 1. The maximum atomic E-state index is 13.3. The summed E-state index contributed by atoms with van der Waals surface area (Å²) in [5.41, 5.74) is 0.790. The Morgan fingerprint density at radius 1 is 1.24 bits per heavy atom. The molecule has 8 nitrogen and oxygen atoms in total. The summed E-state index contributed by atoms with van der Waals surface area (Å²) in [7, 11) is -4.33. The van der Waals surface area contributed by atoms with E-state index in [1.807, 2.05) is 0 Å². The molecule has 1 fully saturated rings. The van der Waals surface area contributed by atoms with E-state index >= 15 is 0 Å². The normalized spacial score (nSPS) is 18.1. The molecule has 29 heavy (non-hydrogen) atoms. The molecule has 1 aromatic carbocycles. The number of hydrogen-bond donors (Lipinski definition) is 1. The second-order valence-electron chi connectivity index (χ2n) is 6.72. The summed E-state index contributed by atoms with van der Waals surface area (Å²) in [5, 5.41) is 9.09. The Labute approximate surface area is 166 Å². The molecular weight excluding hydrogens is 412 g/mol. The molecule has 0 radical (unpaired) electrons. The monoisotopic (exact) mass is 433 g/mol. The number of aryl methyl sites for hydroxylation is 1. The summed E-state index contributed by atoms with van der Waals surface area (Å²) in [4.78, 5) is 36.2. The summed E-state index contributed by atoms with van der Waals surface area (Å²) in [6.07, 6.45) is -3.54. The number of benzene rings is 1. The third-order valence-corrected chi connectivity index (χ3v) is 5.91. The molecule has 1 aliphatic rings. The van der Waals surface area contributed by atoms with Gasteiger partial charge in [0.15, 0.2) is 5.78 Å². The highest BCUT2D eigenvalue weighted by Gasteiger charge is 2.38. The number of amides is 1. The molecule has 1 unspecified atom stereocenters. The van der Waals surface area contributed by atoms with Crippen molar-refractivity contribution in [2.75, 3.05) is 13.2 Å². The van der Waals surface area contributed by atoms with Crippen LogP contribution >= 0.6 is 0 Å². The molecule has 0 saturated carbocycles. The third-order valence-electron chi connectivity index (χ3n) is 4.64. The number of Topliss-reactive ketones (excluding diaryl/α,β-unsaturated/α-hetero) is 1. The fourth-order valence-corrected chi connectivity index (χ4v) is 3.86. The number of carboxylic acid groups (broad SMARTS) is 1. The van der Waals surface area contributed by atoms with Crippen molar-refractivity contribution in [1.29, 1.82) is 0 Å². The topological polar surface area (TPSA) is 118 Å². The minimum absolute atomic E-state index is 0.0955. The lowest BCUT2D eigenvalue weighted by Crippen LogP contribution is -2.42. The third kappa shape index (κ3) is 5.80. The van der Waals surface area contributed by atoms with E-state index in [2.05, 4.69) is 4.18 Å². The molecular formula is C18H21F2NO7S. The number of nitrogens with zero attached hydrogens (tertiary/aromatic N) is 1. The maximum absolute atomic E-state index is 13.3. The number of halogens is 2. The molecule has 1 N–H and O–H groups in total. The van der Waals surface area contributed by atoms with E-state index in [4.69, 9.17) is 5.11 Å². The van der Waals surface area contributed by atoms with Crippen LogP contribution in [0.1, 0.15) is 24.8 Å². The van der Waals surface area contributed by atoms with Gasteiger partial charge >= 0.3 is 5.97 Å². The van der Waals surface area contributed by atoms with E-state index in [-0.39, 0.29) is 17.9 Å². The summed E-state index contributed by atoms with van der Waals surface area (Å²) in [5.74, 6) is -5.49. The van der Waals surface area contributed by atoms with Gasteiger partial charge < -0.3 is 10.0 Å². The highest BCUT2D eigenvalue weighted by molar-refractivity contribution is 7.86. The molecule has 0 spiro atoms. The predicted molar refractivity (Wildman–Crippen MR) is 95.8 cm³/mol. The van der Waals surface area contributed by atoms with Crippen LogP contribution in [0.2, 0.25) is 0 Å². The molecule has 2 atom stereocenters. The van der Waals surface area contributed by atoms with E-state index in [1.54, 1.807) is 6.92 Å². The van der Waals surface area contributed by atoms with Crippen LogP contribution in [-0.2, 0) is 28.7 Å². The largest absolute Gasteiger partial charge is 0.480 e. The minimum Gasteiger partial charge on any atom is -0.480 e. The van der Waals surface area contributed by atoms with Crippen LogP contribution in [0.15, 0.2) is 29.2 Å². The Bertz CT molecular complexity index is 871. The SMILES string of the molecule is Cc1ccc(S(=O)(=O)OCC(=O)C(CC(=O)N2CCC[C@H]2C(=O)O)C(F)F)cc1. The summed E-state index contributed by atoms with van der Waals surface area (Å²) >= 11 is 0. The molecule has 0 aromatic heterocycles. The summed E-state index contributed by atoms with van der Waals surface area (Å²) in [6, 6.07) is 4.40. The molecule has 11 heteroatoms. The van der Waals surface area contributed by atoms with E-state index in [0.29, 0.717) is 6.42 Å². The van der Waals surface area contributed by atoms with Gasteiger partial charge in [-0.05, 0) is 31.9 Å². The fraction of sp³-hybridized carbons (Fsp3) is 0.500. The lowest BCUT2D eigenvalue weighted by Gasteiger charge is -2.23. The zero-order valence-corrected chi connectivity index (χ0v) is 16.4. The second-order valence-corrected chi connectivity index (χ2v) is 8.34. The highest BCUT2D eigenvalue weighted by Crippen LogP contribution is 2.23. The van der Waals surface area contributed by atoms with E-state index in [1.165, 1.54) is 24.3 Å². The van der Waals surface area contributed by atoms with Gasteiger partial charge in [-0.15, -0.1) is 0 Å². The quantitative estimate of drug-likeness (QED) is 0.588. The van der Waals surface area contributed by atoms with Crippen molar-refractivity contribution >= 4 is 27.8 Å². The molecule has 1 aromatic rings. The number of aliphatic carboxylic acids is 1. The summed E-state index contributed by atoms with van der Waals surface area (Å²) in [6.45, 7) is 0.680. The van der Waals surface area contributed by atoms with Crippen LogP contribution in [0, 0.1) is 12.8 Å². The van der Waals surface area contributed by atoms with Crippen LogP contribution in [0.3, 0.4) is 0 Å². The maximum Gasteiger partial charge on any atom is 0.326 e. The van der Waals surface area contributed by atoms with Gasteiger partial charge in [0.25, 0.3) is 10.1 Å². The zero-order chi connectivity index (χ0) is 21.8. The molecule has 1 aliphatic heterocycles. The minimum atomic E-state index is -4.33. The average molecular weight is 433 g/mol. The zero-order valence-electron chi connectivity index (χ0n) is 15.6. The van der Waals surface area contributed by atoms with Crippen LogP contribution in [0.4, 0.5) is 8.78 Å². The van der Waals surface area contributed by atoms with E-state index in [9.17, 15) is 31.6 Å². The standard InChI is InChI=1S/C18H21F2NO7S/c1-11-4-6-12(7-5-11)29(26,27)28-10-15(22)13(17(19)20)9-16(23)21-8-2-3-14(21)18(24)25/h4-7,13-14,17H,2-3,8-10H2,1H3,(H,24,25)/t13?,14-/m0/s1. The molecule has 2 rings (SSSR count). The fourth-order valence-electron chi connectivity index (χ4n) is 2.99. The van der Waals surface area contributed by atoms with E-state index in [0.717, 1.165) is 10.5 Å². The van der Waals surface area contributed by atoms with Crippen molar-refractivity contribution in [3.05, 3.63) is 29.8 Å². The van der Waals surface area contributed by atoms with Gasteiger partial charge in [0.05, 0.1) is 10.8 Å². The van der Waals surface area contributed by atoms with Crippen molar-refractivity contribution in [2.24, 2.45) is 5.92 Å². The van der Waals surface area contributed by atoms with Crippen molar-refractivity contribution in [3.63, 3.8) is 0 Å². The first-order valence-corrected chi connectivity index (χ1v) is 10.2. The molecule has 0 aliphatic carbocycles. The van der Waals surface area contributed by atoms with Gasteiger partial charge in [0, 0.05) is 13.0 Å². The lowest BCUT2D eigenvalue weighted by atomic mass is 10.00. The van der Waals surface area contributed by atoms with Gasteiger partial charge in [-0.3, -0.25) is 13.8 Å². The number of carbonyl (C=O) groups excluding carboxylic acids is 2. The molecule has 160 valence electrons. The Morgan fingerprint density at radius 2 is 1.86 bits per heavy atom. The van der Waals surface area contributed by atoms with Gasteiger partial charge in [0.1, 0.15) is 12.6 Å². The molecule has 0 bridgehead atoms. The number of hydrogen-bond acceptors (Lipinski definition) is 6. The van der Waals surface area contributed by atoms with Crippen molar-refractivity contribution in [3.8, 4) is 0 Å². The Morgan fingerprint density at radius 3 is 2.41 bits per heavy atom. The first-order chi connectivity index (χ1) is 13.5.